The van der Waals surface area contributed by atoms with Crippen molar-refractivity contribution in [2.24, 2.45) is 5.73 Å². The summed E-state index contributed by atoms with van der Waals surface area (Å²) in [4.78, 5) is 4.02. The van der Waals surface area contributed by atoms with Crippen LogP contribution in [0.25, 0.3) is 0 Å². The first-order valence-electron chi connectivity index (χ1n) is 4.21. The number of aromatic nitrogens is 1. The maximum Gasteiger partial charge on any atom is 0.133 e. The molecular weight excluding hydrogens is 251 g/mol. The molecule has 72 valence electrons. The van der Waals surface area contributed by atoms with Crippen LogP contribution in [0.15, 0.2) is 16.7 Å². The minimum Gasteiger partial charge on any atom is -0.324 e. The molecule has 1 aromatic rings. The van der Waals surface area contributed by atoms with Gasteiger partial charge in [-0.3, -0.25) is 0 Å². The summed E-state index contributed by atoms with van der Waals surface area (Å²) in [7, 11) is 0. The van der Waals surface area contributed by atoms with Crippen molar-refractivity contribution in [3.63, 3.8) is 0 Å². The Labute approximate surface area is 91.6 Å². The average molecular weight is 264 g/mol. The molecule has 0 radical (unpaired) electrons. The molecule has 13 heavy (non-hydrogen) atoms. The molecule has 2 nitrogen and oxygen atoms in total. The van der Waals surface area contributed by atoms with Crippen molar-refractivity contribution in [3.8, 4) is 0 Å². The van der Waals surface area contributed by atoms with Crippen molar-refractivity contribution < 1.29 is 0 Å². The van der Waals surface area contributed by atoms with Gasteiger partial charge in [-0.25, -0.2) is 4.98 Å². The topological polar surface area (TPSA) is 38.9 Å². The number of nitrogens with two attached hydrogens (primary N) is 1. The number of nitrogens with zero attached hydrogens (tertiary/aromatic N) is 1. The highest BCUT2D eigenvalue weighted by atomic mass is 79.9. The van der Waals surface area contributed by atoms with Crippen LogP contribution in [-0.4, -0.2) is 4.98 Å². The highest BCUT2D eigenvalue weighted by Crippen LogP contribution is 2.25. The number of pyridine rings is 1. The van der Waals surface area contributed by atoms with Gasteiger partial charge in [0.1, 0.15) is 5.15 Å². The van der Waals surface area contributed by atoms with Crippen LogP contribution in [0.2, 0.25) is 5.15 Å². The normalized spacial score (nSPS) is 12.9. The lowest BCUT2D eigenvalue weighted by Crippen LogP contribution is -2.10. The van der Waals surface area contributed by atoms with Gasteiger partial charge in [0.05, 0.1) is 0 Å². The van der Waals surface area contributed by atoms with Crippen LogP contribution >= 0.6 is 27.5 Å². The average Bonchev–Trinajstić information content (AvgIpc) is 2.09. The zero-order chi connectivity index (χ0) is 9.84. The summed E-state index contributed by atoms with van der Waals surface area (Å²) < 4.78 is 0.915. The van der Waals surface area contributed by atoms with E-state index in [1.165, 1.54) is 0 Å². The molecule has 0 fully saturated rings. The summed E-state index contributed by atoms with van der Waals surface area (Å²) in [5.41, 5.74) is 6.84. The summed E-state index contributed by atoms with van der Waals surface area (Å²) in [6, 6.07) is 1.91. The monoisotopic (exact) mass is 262 g/mol. The Balaban J connectivity index is 2.91. The Morgan fingerprint density at radius 2 is 2.38 bits per heavy atom. The van der Waals surface area contributed by atoms with Gasteiger partial charge in [0.15, 0.2) is 0 Å². The van der Waals surface area contributed by atoms with Crippen LogP contribution in [0.1, 0.15) is 31.4 Å². The summed E-state index contributed by atoms with van der Waals surface area (Å²) in [6.07, 6.45) is 3.65. The lowest BCUT2D eigenvalue weighted by atomic mass is 10.1. The SMILES string of the molecule is CCC[C@@H](N)c1cc(Br)cnc1Cl. The summed E-state index contributed by atoms with van der Waals surface area (Å²) in [6.45, 7) is 2.10. The van der Waals surface area contributed by atoms with E-state index in [1.807, 2.05) is 6.07 Å². The van der Waals surface area contributed by atoms with Crippen molar-refractivity contribution in [1.29, 1.82) is 0 Å². The molecule has 0 saturated carbocycles. The molecular formula is C9H12BrClN2. The predicted octanol–water partition coefficient (Wildman–Crippen LogP) is 3.30. The first-order chi connectivity index (χ1) is 6.15. The smallest absolute Gasteiger partial charge is 0.133 e. The fourth-order valence-corrected chi connectivity index (χ4v) is 1.76. The molecule has 1 atom stereocenters. The molecule has 0 saturated heterocycles. The van der Waals surface area contributed by atoms with Gasteiger partial charge in [0, 0.05) is 22.3 Å². The van der Waals surface area contributed by atoms with Gasteiger partial charge >= 0.3 is 0 Å². The van der Waals surface area contributed by atoms with Gasteiger partial charge in [-0.1, -0.05) is 24.9 Å². The molecule has 4 heteroatoms. The first kappa shape index (κ1) is 11.0. The number of hydrogen-bond acceptors (Lipinski definition) is 2. The van der Waals surface area contributed by atoms with Gasteiger partial charge in [0.25, 0.3) is 0 Å². The molecule has 1 rings (SSSR count). The molecule has 0 amide bonds. The van der Waals surface area contributed by atoms with Gasteiger partial charge in [-0.2, -0.15) is 0 Å². The largest absolute Gasteiger partial charge is 0.324 e. The Kier molecular flexibility index (Phi) is 4.16. The summed E-state index contributed by atoms with van der Waals surface area (Å²) in [5, 5.41) is 0.504. The van der Waals surface area contributed by atoms with Crippen LogP contribution in [0.5, 0.6) is 0 Å². The Bertz CT molecular complexity index is 291. The Morgan fingerprint density at radius 3 is 3.00 bits per heavy atom. The minimum atomic E-state index is -0.0116. The second-order valence-corrected chi connectivity index (χ2v) is 4.20. The quantitative estimate of drug-likeness (QED) is 0.850. The van der Waals surface area contributed by atoms with Crippen LogP contribution in [0.4, 0.5) is 0 Å². The summed E-state index contributed by atoms with van der Waals surface area (Å²) >= 11 is 9.25. The summed E-state index contributed by atoms with van der Waals surface area (Å²) in [5.74, 6) is 0. The van der Waals surface area contributed by atoms with Crippen molar-refractivity contribution in [2.45, 2.75) is 25.8 Å². The van der Waals surface area contributed by atoms with Crippen molar-refractivity contribution in [2.75, 3.05) is 0 Å². The number of hydrogen-bond donors (Lipinski definition) is 1. The van der Waals surface area contributed by atoms with Gasteiger partial charge in [-0.15, -0.1) is 0 Å². The second-order valence-electron chi connectivity index (χ2n) is 2.93. The van der Waals surface area contributed by atoms with Crippen LogP contribution in [-0.2, 0) is 0 Å². The maximum atomic E-state index is 5.93. The molecule has 0 aliphatic heterocycles. The molecule has 0 spiro atoms. The molecule has 0 aromatic carbocycles. The van der Waals surface area contributed by atoms with Crippen LogP contribution in [0.3, 0.4) is 0 Å². The fourth-order valence-electron chi connectivity index (χ4n) is 1.16. The fraction of sp³-hybridized carbons (Fsp3) is 0.444. The van der Waals surface area contributed by atoms with Gasteiger partial charge in [0.2, 0.25) is 0 Å². The molecule has 2 N–H and O–H groups in total. The van der Waals surface area contributed by atoms with Crippen molar-refractivity contribution in [3.05, 3.63) is 27.5 Å². The second kappa shape index (κ2) is 4.94. The predicted molar refractivity (Wildman–Crippen MR) is 58.8 cm³/mol. The van der Waals surface area contributed by atoms with Crippen molar-refractivity contribution in [1.82, 2.24) is 4.98 Å². The standard InChI is InChI=1S/C9H12BrClN2/c1-2-3-8(12)7-4-6(10)5-13-9(7)11/h4-5,8H,2-3,12H2,1H3/t8-/m1/s1. The van der Waals surface area contributed by atoms with E-state index in [0.717, 1.165) is 22.9 Å². The highest BCUT2D eigenvalue weighted by molar-refractivity contribution is 9.10. The molecule has 1 heterocycles. The Morgan fingerprint density at radius 1 is 1.69 bits per heavy atom. The third kappa shape index (κ3) is 2.93. The Hall–Kier alpha value is -0.120. The van der Waals surface area contributed by atoms with Gasteiger partial charge < -0.3 is 5.73 Å². The highest BCUT2D eigenvalue weighted by Gasteiger charge is 2.10. The van der Waals surface area contributed by atoms with E-state index in [1.54, 1.807) is 6.20 Å². The van der Waals surface area contributed by atoms with E-state index in [4.69, 9.17) is 17.3 Å². The number of rotatable bonds is 3. The van der Waals surface area contributed by atoms with Crippen LogP contribution < -0.4 is 5.73 Å². The molecule has 0 bridgehead atoms. The molecule has 1 aromatic heterocycles. The number of halogens is 2. The van der Waals surface area contributed by atoms with E-state index >= 15 is 0 Å². The lowest BCUT2D eigenvalue weighted by Gasteiger charge is -2.11. The molecule has 0 aliphatic carbocycles. The van der Waals surface area contributed by atoms with E-state index < -0.39 is 0 Å². The van der Waals surface area contributed by atoms with E-state index in [-0.39, 0.29) is 6.04 Å². The molecule has 0 aliphatic rings. The molecule has 0 unspecified atom stereocenters. The van der Waals surface area contributed by atoms with E-state index in [9.17, 15) is 0 Å². The zero-order valence-electron chi connectivity index (χ0n) is 7.43. The van der Waals surface area contributed by atoms with E-state index in [2.05, 4.69) is 27.8 Å². The maximum absolute atomic E-state index is 5.93. The first-order valence-corrected chi connectivity index (χ1v) is 5.38. The van der Waals surface area contributed by atoms with Gasteiger partial charge in [-0.05, 0) is 28.4 Å². The van der Waals surface area contributed by atoms with Crippen molar-refractivity contribution >= 4 is 27.5 Å². The zero-order valence-corrected chi connectivity index (χ0v) is 9.77. The third-order valence-corrected chi connectivity index (χ3v) is 2.58. The third-order valence-electron chi connectivity index (χ3n) is 1.83. The van der Waals surface area contributed by atoms with E-state index in [0.29, 0.717) is 5.15 Å². The lowest BCUT2D eigenvalue weighted by molar-refractivity contribution is 0.636. The van der Waals surface area contributed by atoms with Crippen LogP contribution in [0, 0.1) is 0 Å². The minimum absolute atomic E-state index is 0.0116.